The Morgan fingerprint density at radius 2 is 2.17 bits per heavy atom. The predicted molar refractivity (Wildman–Crippen MR) is 91.3 cm³/mol. The average molecular weight is 331 g/mol. The van der Waals surface area contributed by atoms with Crippen molar-refractivity contribution in [3.63, 3.8) is 0 Å². The zero-order chi connectivity index (χ0) is 16.6. The van der Waals surface area contributed by atoms with E-state index in [1.165, 1.54) is 38.5 Å². The van der Waals surface area contributed by atoms with Crippen LogP contribution in [0.3, 0.4) is 0 Å². The van der Waals surface area contributed by atoms with Gasteiger partial charge in [-0.05, 0) is 38.5 Å². The molecule has 2 saturated heterocycles. The van der Waals surface area contributed by atoms with Crippen LogP contribution < -0.4 is 10.6 Å². The van der Waals surface area contributed by atoms with Crippen LogP contribution in [0.5, 0.6) is 0 Å². The minimum Gasteiger partial charge on any atom is -0.348 e. The molecule has 0 aromatic carbocycles. The molecule has 4 rings (SSSR count). The molecule has 0 unspecified atom stereocenters. The van der Waals surface area contributed by atoms with Gasteiger partial charge in [0.15, 0.2) is 5.82 Å². The van der Waals surface area contributed by atoms with E-state index in [1.54, 1.807) is 0 Å². The van der Waals surface area contributed by atoms with Gasteiger partial charge in [0.05, 0.1) is 12.0 Å². The highest BCUT2D eigenvalue weighted by Crippen LogP contribution is 2.45. The molecule has 132 valence electrons. The Hall–Kier alpha value is -1.43. The summed E-state index contributed by atoms with van der Waals surface area (Å²) in [4.78, 5) is 13.0. The third-order valence-corrected chi connectivity index (χ3v) is 6.62. The highest BCUT2D eigenvalue weighted by Gasteiger charge is 2.54. The van der Waals surface area contributed by atoms with Gasteiger partial charge >= 0.3 is 0 Å². The first-order chi connectivity index (χ1) is 11.7. The number of carbonyl (C=O) groups excluding carboxylic acids is 1. The van der Waals surface area contributed by atoms with Crippen molar-refractivity contribution in [3.05, 3.63) is 12.2 Å². The highest BCUT2D eigenvalue weighted by atomic mass is 16.2. The van der Waals surface area contributed by atoms with E-state index in [0.29, 0.717) is 24.7 Å². The average Bonchev–Trinajstić information content (AvgIpc) is 3.35. The molecule has 6 nitrogen and oxygen atoms in total. The zero-order valence-electron chi connectivity index (χ0n) is 14.6. The summed E-state index contributed by atoms with van der Waals surface area (Å²) < 4.78 is 2.19. The first-order valence-corrected chi connectivity index (χ1v) is 9.65. The van der Waals surface area contributed by atoms with E-state index >= 15 is 0 Å². The van der Waals surface area contributed by atoms with Gasteiger partial charge in [-0.1, -0.05) is 26.2 Å². The molecule has 0 radical (unpaired) electrons. The van der Waals surface area contributed by atoms with Gasteiger partial charge in [-0.3, -0.25) is 4.79 Å². The summed E-state index contributed by atoms with van der Waals surface area (Å²) in [6, 6.07) is 1.39. The van der Waals surface area contributed by atoms with Gasteiger partial charge in [-0.25, -0.2) is 0 Å². The van der Waals surface area contributed by atoms with Gasteiger partial charge in [-0.2, -0.15) is 0 Å². The number of carbonyl (C=O) groups is 1. The van der Waals surface area contributed by atoms with Crippen molar-refractivity contribution in [2.75, 3.05) is 0 Å². The number of rotatable bonds is 5. The van der Waals surface area contributed by atoms with E-state index in [-0.39, 0.29) is 11.3 Å². The molecule has 1 saturated carbocycles. The molecule has 3 fully saturated rings. The van der Waals surface area contributed by atoms with Gasteiger partial charge in [0.25, 0.3) is 0 Å². The number of hydrogen-bond acceptors (Lipinski definition) is 4. The summed E-state index contributed by atoms with van der Waals surface area (Å²) in [5.74, 6) is 1.10. The lowest BCUT2D eigenvalue weighted by molar-refractivity contribution is -0.132. The zero-order valence-corrected chi connectivity index (χ0v) is 14.6. The van der Waals surface area contributed by atoms with Crippen molar-refractivity contribution in [1.82, 2.24) is 25.4 Å². The maximum atomic E-state index is 13.0. The van der Waals surface area contributed by atoms with Crippen LogP contribution >= 0.6 is 0 Å². The fourth-order valence-corrected chi connectivity index (χ4v) is 5.19. The standard InChI is InChI=1S/C18H29N5O/c1-2-18(10-13-8-9-15(18)21-13)17(24)19-11-16-22-20-12-23(16)14-6-4-3-5-7-14/h12-15,21H,2-11H2,1H3,(H,19,24)/t13-,15+,18+/m0/s1. The molecule has 24 heavy (non-hydrogen) atoms. The molecule has 3 atom stereocenters. The minimum atomic E-state index is -0.224. The van der Waals surface area contributed by atoms with Crippen LogP contribution in [0.15, 0.2) is 6.33 Å². The molecule has 1 aliphatic carbocycles. The lowest BCUT2D eigenvalue weighted by Crippen LogP contribution is -2.48. The smallest absolute Gasteiger partial charge is 0.228 e. The Labute approximate surface area is 143 Å². The first kappa shape index (κ1) is 16.1. The Kier molecular flexibility index (Phi) is 4.33. The number of amides is 1. The van der Waals surface area contributed by atoms with Crippen molar-refractivity contribution in [2.45, 2.75) is 89.4 Å². The molecule has 2 N–H and O–H groups in total. The van der Waals surface area contributed by atoms with Crippen molar-refractivity contribution < 1.29 is 4.79 Å². The molecule has 3 heterocycles. The van der Waals surface area contributed by atoms with Gasteiger partial charge in [-0.15, -0.1) is 10.2 Å². The molecule has 2 bridgehead atoms. The third kappa shape index (κ3) is 2.65. The number of fused-ring (bicyclic) bond motifs is 2. The Morgan fingerprint density at radius 3 is 2.83 bits per heavy atom. The number of nitrogens with one attached hydrogen (secondary N) is 2. The number of hydrogen-bond donors (Lipinski definition) is 2. The fraction of sp³-hybridized carbons (Fsp3) is 0.833. The van der Waals surface area contributed by atoms with Crippen molar-refractivity contribution >= 4 is 5.91 Å². The molecule has 2 aliphatic heterocycles. The van der Waals surface area contributed by atoms with Crippen LogP contribution in [-0.4, -0.2) is 32.8 Å². The maximum Gasteiger partial charge on any atom is 0.228 e. The van der Waals surface area contributed by atoms with E-state index in [9.17, 15) is 4.79 Å². The Balaban J connectivity index is 1.42. The first-order valence-electron chi connectivity index (χ1n) is 9.65. The molecule has 0 spiro atoms. The number of nitrogens with zero attached hydrogens (tertiary/aromatic N) is 3. The quantitative estimate of drug-likeness (QED) is 0.868. The molecule has 1 aromatic heterocycles. The molecular weight excluding hydrogens is 302 g/mol. The largest absolute Gasteiger partial charge is 0.348 e. The number of aromatic nitrogens is 3. The predicted octanol–water partition coefficient (Wildman–Crippen LogP) is 2.32. The summed E-state index contributed by atoms with van der Waals surface area (Å²) in [5, 5.41) is 15.2. The normalized spacial score (nSPS) is 33.0. The summed E-state index contributed by atoms with van der Waals surface area (Å²) >= 11 is 0. The highest BCUT2D eigenvalue weighted by molar-refractivity contribution is 5.84. The lowest BCUT2D eigenvalue weighted by atomic mass is 9.71. The van der Waals surface area contributed by atoms with Crippen LogP contribution in [-0.2, 0) is 11.3 Å². The summed E-state index contributed by atoms with van der Waals surface area (Å²) in [6.07, 6.45) is 12.4. The minimum absolute atomic E-state index is 0.197. The van der Waals surface area contributed by atoms with Gasteiger partial charge in [0, 0.05) is 18.1 Å². The molecule has 3 aliphatic rings. The second-order valence-corrected chi connectivity index (χ2v) is 7.84. The van der Waals surface area contributed by atoms with E-state index in [1.807, 2.05) is 6.33 Å². The van der Waals surface area contributed by atoms with Crippen LogP contribution in [0.1, 0.15) is 76.6 Å². The molecule has 1 aromatic rings. The van der Waals surface area contributed by atoms with Crippen LogP contribution in [0.4, 0.5) is 0 Å². The van der Waals surface area contributed by atoms with E-state index in [0.717, 1.165) is 25.1 Å². The van der Waals surface area contributed by atoms with Crippen LogP contribution in [0, 0.1) is 5.41 Å². The third-order valence-electron chi connectivity index (χ3n) is 6.62. The second-order valence-electron chi connectivity index (χ2n) is 7.84. The van der Waals surface area contributed by atoms with Gasteiger partial charge in [0.1, 0.15) is 6.33 Å². The lowest BCUT2D eigenvalue weighted by Gasteiger charge is -2.34. The Morgan fingerprint density at radius 1 is 1.33 bits per heavy atom. The summed E-state index contributed by atoms with van der Waals surface area (Å²) in [5.41, 5.74) is -0.224. The Bertz CT molecular complexity index is 594. The van der Waals surface area contributed by atoms with Crippen molar-refractivity contribution in [2.24, 2.45) is 5.41 Å². The molecule has 1 amide bonds. The summed E-state index contributed by atoms with van der Waals surface area (Å²) in [7, 11) is 0. The van der Waals surface area contributed by atoms with Gasteiger partial charge in [0.2, 0.25) is 5.91 Å². The van der Waals surface area contributed by atoms with E-state index in [2.05, 4.69) is 32.3 Å². The molecular formula is C18H29N5O. The molecule has 6 heteroatoms. The summed E-state index contributed by atoms with van der Waals surface area (Å²) in [6.45, 7) is 2.64. The van der Waals surface area contributed by atoms with Crippen molar-refractivity contribution in [1.29, 1.82) is 0 Å². The maximum absolute atomic E-state index is 13.0. The van der Waals surface area contributed by atoms with E-state index < -0.39 is 0 Å². The van der Waals surface area contributed by atoms with Crippen LogP contribution in [0.2, 0.25) is 0 Å². The van der Waals surface area contributed by atoms with Gasteiger partial charge < -0.3 is 15.2 Å². The topological polar surface area (TPSA) is 71.8 Å². The SMILES string of the molecule is CC[C@@]1(C(=O)NCc2nncn2C2CCCCC2)C[C@@H]2CC[C@H]1N2. The van der Waals surface area contributed by atoms with Crippen molar-refractivity contribution in [3.8, 4) is 0 Å². The van der Waals surface area contributed by atoms with Crippen LogP contribution in [0.25, 0.3) is 0 Å². The fourth-order valence-electron chi connectivity index (χ4n) is 5.19. The van der Waals surface area contributed by atoms with E-state index in [4.69, 9.17) is 0 Å². The second kappa shape index (κ2) is 6.47. The monoisotopic (exact) mass is 331 g/mol.